The molecule has 30 heavy (non-hydrogen) atoms. The summed E-state index contributed by atoms with van der Waals surface area (Å²) in [6.07, 6.45) is 3.65. The third-order valence-electron chi connectivity index (χ3n) is 6.18. The maximum Gasteiger partial charge on any atom is 0.153 e. The second kappa shape index (κ2) is 8.05. The third kappa shape index (κ3) is 3.88. The summed E-state index contributed by atoms with van der Waals surface area (Å²) in [4.78, 5) is 11.4. The normalized spacial score (nSPS) is 21.8. The van der Waals surface area contributed by atoms with Crippen molar-refractivity contribution in [2.75, 3.05) is 18.0 Å². The first-order valence-electron chi connectivity index (χ1n) is 10.2. The van der Waals surface area contributed by atoms with Crippen LogP contribution in [0.3, 0.4) is 0 Å². The summed E-state index contributed by atoms with van der Waals surface area (Å²) in [5, 5.41) is 14.3. The van der Waals surface area contributed by atoms with Gasteiger partial charge >= 0.3 is 0 Å². The van der Waals surface area contributed by atoms with E-state index in [9.17, 15) is 9.66 Å². The fourth-order valence-electron chi connectivity index (χ4n) is 4.38. The van der Waals surface area contributed by atoms with Gasteiger partial charge in [-0.2, -0.15) is 5.10 Å². The van der Waals surface area contributed by atoms with Crippen molar-refractivity contribution in [3.8, 4) is 0 Å². The van der Waals surface area contributed by atoms with E-state index in [0.29, 0.717) is 10.3 Å². The van der Waals surface area contributed by atoms with Gasteiger partial charge in [-0.15, -0.1) is 4.72 Å². The molecule has 1 spiro atoms. The van der Waals surface area contributed by atoms with Gasteiger partial charge in [-0.05, 0) is 62.5 Å². The van der Waals surface area contributed by atoms with Gasteiger partial charge in [0.05, 0.1) is 18.0 Å². The molecular formula is C20H29BrN6O2S. The van der Waals surface area contributed by atoms with Gasteiger partial charge in [-0.3, -0.25) is 4.68 Å². The molecular weight excluding hydrogens is 468 g/mol. The molecule has 2 aromatic rings. The number of anilines is 1. The van der Waals surface area contributed by atoms with Gasteiger partial charge in [-0.25, -0.2) is 9.97 Å². The Kier molecular flexibility index (Phi) is 5.91. The van der Waals surface area contributed by atoms with Crippen molar-refractivity contribution in [3.63, 3.8) is 0 Å². The molecule has 0 bridgehead atoms. The van der Waals surface area contributed by atoms with Gasteiger partial charge < -0.3 is 14.6 Å². The van der Waals surface area contributed by atoms with E-state index < -0.39 is 11.4 Å². The SMILES string of the molecule is Cc1nc(N2CCC3(CC2)Cn2nccc2[C@H]3N[S+]([O-])C(C)(C)C)c(CO)nc1Br. The number of aryl methyl sites for hydroxylation is 1. The highest BCUT2D eigenvalue weighted by molar-refractivity contribution is 9.10. The van der Waals surface area contributed by atoms with E-state index in [1.807, 2.05) is 40.0 Å². The monoisotopic (exact) mass is 496 g/mol. The number of aromatic nitrogens is 4. The van der Waals surface area contributed by atoms with Crippen LogP contribution in [0.2, 0.25) is 0 Å². The lowest BCUT2D eigenvalue weighted by molar-refractivity contribution is 0.160. The topological polar surface area (TPSA) is 102 Å². The number of hydrogen-bond acceptors (Lipinski definition) is 7. The highest BCUT2D eigenvalue weighted by atomic mass is 79.9. The molecule has 1 fully saturated rings. The van der Waals surface area contributed by atoms with Crippen molar-refractivity contribution in [2.45, 2.75) is 64.5 Å². The number of nitrogens with one attached hydrogen (secondary N) is 1. The predicted molar refractivity (Wildman–Crippen MR) is 120 cm³/mol. The maximum atomic E-state index is 12.9. The van der Waals surface area contributed by atoms with Crippen LogP contribution in [0.4, 0.5) is 5.82 Å². The van der Waals surface area contributed by atoms with Crippen LogP contribution >= 0.6 is 15.9 Å². The average molecular weight is 497 g/mol. The molecule has 2 N–H and O–H groups in total. The molecule has 0 saturated carbocycles. The minimum Gasteiger partial charge on any atom is -0.598 e. The number of halogens is 1. The number of fused-ring (bicyclic) bond motifs is 1. The molecule has 2 atom stereocenters. The fraction of sp³-hybridized carbons (Fsp3) is 0.650. The number of piperidine rings is 1. The summed E-state index contributed by atoms with van der Waals surface area (Å²) in [7, 11) is 0. The zero-order valence-electron chi connectivity index (χ0n) is 17.9. The first kappa shape index (κ1) is 22.0. The van der Waals surface area contributed by atoms with Crippen molar-refractivity contribution in [1.29, 1.82) is 0 Å². The summed E-state index contributed by atoms with van der Waals surface area (Å²) in [6.45, 7) is 10.1. The van der Waals surface area contributed by atoms with Crippen molar-refractivity contribution in [3.05, 3.63) is 33.9 Å². The summed E-state index contributed by atoms with van der Waals surface area (Å²) in [5.74, 6) is 0.756. The van der Waals surface area contributed by atoms with Gasteiger partial charge in [-0.1, -0.05) is 0 Å². The lowest BCUT2D eigenvalue weighted by Crippen LogP contribution is -2.50. The van der Waals surface area contributed by atoms with Gasteiger partial charge in [0.15, 0.2) is 5.82 Å². The second-order valence-corrected chi connectivity index (χ2v) is 12.0. The van der Waals surface area contributed by atoms with Crippen LogP contribution in [0.5, 0.6) is 0 Å². The Balaban J connectivity index is 1.57. The van der Waals surface area contributed by atoms with E-state index in [1.165, 1.54) is 0 Å². The molecule has 0 aliphatic carbocycles. The molecule has 0 aromatic carbocycles. The van der Waals surface area contributed by atoms with Crippen LogP contribution in [-0.2, 0) is 24.5 Å². The van der Waals surface area contributed by atoms with Gasteiger partial charge in [0.1, 0.15) is 21.1 Å². The number of aliphatic hydroxyl groups excluding tert-OH is 1. The Morgan fingerprint density at radius 2 is 2.03 bits per heavy atom. The number of hydrogen-bond donors (Lipinski definition) is 2. The van der Waals surface area contributed by atoms with Crippen molar-refractivity contribution >= 4 is 33.1 Å². The minimum absolute atomic E-state index is 0.00254. The molecule has 8 nitrogen and oxygen atoms in total. The zero-order chi connectivity index (χ0) is 21.7. The molecule has 4 rings (SSSR count). The molecule has 164 valence electrons. The molecule has 1 unspecified atom stereocenters. The first-order valence-corrected chi connectivity index (χ1v) is 12.2. The van der Waals surface area contributed by atoms with Crippen LogP contribution in [0, 0.1) is 12.3 Å². The number of rotatable bonds is 4. The van der Waals surface area contributed by atoms with Crippen molar-refractivity contribution < 1.29 is 9.66 Å². The third-order valence-corrected chi connectivity index (χ3v) is 8.49. The Morgan fingerprint density at radius 1 is 1.33 bits per heavy atom. The number of aliphatic hydroxyl groups is 1. The Labute approximate surface area is 188 Å². The molecule has 0 amide bonds. The fourth-order valence-corrected chi connectivity index (χ4v) is 5.62. The van der Waals surface area contributed by atoms with Crippen LogP contribution in [0.1, 0.15) is 56.7 Å². The van der Waals surface area contributed by atoms with Crippen LogP contribution < -0.4 is 9.62 Å². The van der Waals surface area contributed by atoms with Crippen LogP contribution in [0.15, 0.2) is 16.9 Å². The average Bonchev–Trinajstić information content (AvgIpc) is 3.24. The smallest absolute Gasteiger partial charge is 0.153 e. The maximum absolute atomic E-state index is 12.9. The van der Waals surface area contributed by atoms with E-state index in [4.69, 9.17) is 0 Å². The van der Waals surface area contributed by atoms with Gasteiger partial charge in [0.25, 0.3) is 0 Å². The lowest BCUT2D eigenvalue weighted by atomic mass is 9.73. The molecule has 4 heterocycles. The number of nitrogens with zero attached hydrogens (tertiary/aromatic N) is 5. The molecule has 1 saturated heterocycles. The van der Waals surface area contributed by atoms with E-state index >= 15 is 0 Å². The van der Waals surface area contributed by atoms with Gasteiger partial charge in [0, 0.05) is 42.6 Å². The zero-order valence-corrected chi connectivity index (χ0v) is 20.3. The predicted octanol–water partition coefficient (Wildman–Crippen LogP) is 2.63. The Bertz CT molecular complexity index is 923. The molecule has 2 aromatic heterocycles. The quantitative estimate of drug-likeness (QED) is 0.627. The van der Waals surface area contributed by atoms with Crippen molar-refractivity contribution in [1.82, 2.24) is 24.5 Å². The first-order chi connectivity index (χ1) is 14.1. The summed E-state index contributed by atoms with van der Waals surface area (Å²) in [6, 6.07) is 2.03. The van der Waals surface area contributed by atoms with E-state index in [2.05, 4.69) is 45.3 Å². The van der Waals surface area contributed by atoms with Gasteiger partial charge in [0.2, 0.25) is 0 Å². The lowest BCUT2D eigenvalue weighted by Gasteiger charge is -2.43. The Hall–Kier alpha value is -1.20. The van der Waals surface area contributed by atoms with E-state index in [0.717, 1.165) is 49.7 Å². The molecule has 10 heteroatoms. The molecule has 2 aliphatic heterocycles. The van der Waals surface area contributed by atoms with Crippen LogP contribution in [-0.4, -0.2) is 47.2 Å². The standard InChI is InChI=1S/C20H29BrN6O2S/c1-13-17(21)24-14(11-28)18(23-13)26-9-6-20(7-10-26)12-27-15(5-8-22-27)16(20)25-30(29)19(2,3)4/h5,8,16,25,28H,6-7,9-12H2,1-4H3/t16-,30?/m1/s1. The summed E-state index contributed by atoms with van der Waals surface area (Å²) >= 11 is 2.24. The summed E-state index contributed by atoms with van der Waals surface area (Å²) < 4.78 is 18.7. The van der Waals surface area contributed by atoms with Crippen LogP contribution in [0.25, 0.3) is 0 Å². The molecule has 2 aliphatic rings. The van der Waals surface area contributed by atoms with Crippen molar-refractivity contribution in [2.24, 2.45) is 5.41 Å². The largest absolute Gasteiger partial charge is 0.598 e. The second-order valence-electron chi connectivity index (χ2n) is 9.22. The van der Waals surface area contributed by atoms with E-state index in [1.54, 1.807) is 0 Å². The highest BCUT2D eigenvalue weighted by Crippen LogP contribution is 2.50. The minimum atomic E-state index is -1.17. The Morgan fingerprint density at radius 3 is 2.67 bits per heavy atom. The molecule has 0 radical (unpaired) electrons. The summed E-state index contributed by atoms with van der Waals surface area (Å²) in [5.41, 5.74) is 2.46. The highest BCUT2D eigenvalue weighted by Gasteiger charge is 2.51. The van der Waals surface area contributed by atoms with E-state index in [-0.39, 0.29) is 22.8 Å².